The summed E-state index contributed by atoms with van der Waals surface area (Å²) in [7, 11) is -20.4. The number of azo groups is 2. The lowest BCUT2D eigenvalue weighted by atomic mass is 10.1. The highest BCUT2D eigenvalue weighted by Gasteiger charge is 2.17. The number of urea groups is 1. The molecule has 0 aliphatic carbocycles. The normalized spacial score (nSPS) is 12.8. The fraction of sp³-hybridized carbons (Fsp3) is 0.0571. The smallest absolute Gasteiger partial charge is 0.323 e. The van der Waals surface area contributed by atoms with E-state index in [1.165, 1.54) is 48.5 Å². The molecular weight excluding hydrogens is 841 g/mol. The zero-order valence-corrected chi connectivity index (χ0v) is 32.7. The Morgan fingerprint density at radius 1 is 0.448 bits per heavy atom. The Balaban J connectivity index is 1.18. The number of nitrogens with zero attached hydrogens (tertiary/aromatic N) is 4. The van der Waals surface area contributed by atoms with E-state index in [-0.39, 0.29) is 44.3 Å². The van der Waals surface area contributed by atoms with Crippen LogP contribution in [-0.4, -0.2) is 57.9 Å². The van der Waals surface area contributed by atoms with E-state index in [1.54, 1.807) is 13.8 Å². The second-order valence-corrected chi connectivity index (χ2v) is 17.8. The number of rotatable bonds is 10. The molecule has 300 valence electrons. The molecule has 0 saturated carbocycles. The maximum absolute atomic E-state index is 12.8. The van der Waals surface area contributed by atoms with Crippen LogP contribution in [0.25, 0.3) is 21.5 Å². The molecule has 6 aromatic carbocycles. The second-order valence-electron chi connectivity index (χ2n) is 12.4. The molecule has 0 aliphatic rings. The second kappa shape index (κ2) is 15.4. The molecule has 6 rings (SSSR count). The molecule has 0 radical (unpaired) electrons. The van der Waals surface area contributed by atoms with Crippen molar-refractivity contribution in [1.82, 2.24) is 0 Å². The van der Waals surface area contributed by atoms with E-state index < -0.39 is 66.1 Å². The van der Waals surface area contributed by atoms with Gasteiger partial charge < -0.3 is 28.8 Å². The molecule has 0 atom stereocenters. The number of amides is 2. The molecule has 2 N–H and O–H groups in total. The number of carbonyl (C=O) groups excluding carboxylic acids is 1. The first-order valence-electron chi connectivity index (χ1n) is 16.1. The minimum absolute atomic E-state index is 0.230. The highest BCUT2D eigenvalue weighted by Crippen LogP contribution is 2.36. The fourth-order valence-corrected chi connectivity index (χ4v) is 8.58. The Morgan fingerprint density at radius 3 is 1.14 bits per heavy atom. The van der Waals surface area contributed by atoms with Crippen LogP contribution in [0.1, 0.15) is 11.1 Å². The lowest BCUT2D eigenvalue weighted by molar-refractivity contribution is 0.262. The van der Waals surface area contributed by atoms with E-state index >= 15 is 0 Å². The number of fused-ring (bicyclic) bond motifs is 2. The predicted octanol–water partition coefficient (Wildman–Crippen LogP) is 6.70. The topological polar surface area (TPSA) is 319 Å². The summed E-state index contributed by atoms with van der Waals surface area (Å²) in [5, 5.41) is 20.1. The predicted molar refractivity (Wildman–Crippen MR) is 203 cm³/mol. The summed E-state index contributed by atoms with van der Waals surface area (Å²) in [5.74, 6) is 0. The average molecular weight is 865 g/mol. The molecular formula is C35H24N6O13S4-4. The molecule has 0 spiro atoms. The number of carbonyl (C=O) groups is 1. The van der Waals surface area contributed by atoms with Gasteiger partial charge in [-0.2, -0.15) is 20.5 Å². The molecule has 0 saturated heterocycles. The Bertz CT molecular complexity index is 3010. The third-order valence-electron chi connectivity index (χ3n) is 8.34. The van der Waals surface area contributed by atoms with Crippen LogP contribution < -0.4 is 10.6 Å². The molecule has 58 heavy (non-hydrogen) atoms. The van der Waals surface area contributed by atoms with Crippen LogP contribution in [0.4, 0.5) is 38.9 Å². The zero-order chi connectivity index (χ0) is 42.4. The fourth-order valence-electron chi connectivity index (χ4n) is 5.79. The van der Waals surface area contributed by atoms with Crippen LogP contribution in [0.3, 0.4) is 0 Å². The van der Waals surface area contributed by atoms with Crippen molar-refractivity contribution in [2.24, 2.45) is 20.5 Å². The van der Waals surface area contributed by atoms with Crippen molar-refractivity contribution in [3.63, 3.8) is 0 Å². The lowest BCUT2D eigenvalue weighted by Crippen LogP contribution is -2.19. The minimum Gasteiger partial charge on any atom is -0.744 e. The Kier molecular flexibility index (Phi) is 11.0. The highest BCUT2D eigenvalue weighted by atomic mass is 32.2. The monoisotopic (exact) mass is 864 g/mol. The molecule has 2 amide bonds. The van der Waals surface area contributed by atoms with E-state index in [2.05, 4.69) is 31.1 Å². The first kappa shape index (κ1) is 41.6. The Morgan fingerprint density at radius 2 is 0.810 bits per heavy atom. The summed E-state index contributed by atoms with van der Waals surface area (Å²) in [4.78, 5) is 9.76. The van der Waals surface area contributed by atoms with Gasteiger partial charge in [0.2, 0.25) is 0 Å². The minimum atomic E-state index is -5.13. The molecule has 23 heteroatoms. The lowest BCUT2D eigenvalue weighted by Gasteiger charge is -2.15. The van der Waals surface area contributed by atoms with E-state index in [0.29, 0.717) is 22.5 Å². The van der Waals surface area contributed by atoms with Crippen LogP contribution >= 0.6 is 0 Å². The first-order valence-corrected chi connectivity index (χ1v) is 21.7. The number of hydrogen-bond acceptors (Lipinski definition) is 17. The van der Waals surface area contributed by atoms with Gasteiger partial charge in [0.1, 0.15) is 40.5 Å². The van der Waals surface area contributed by atoms with Gasteiger partial charge in [0.05, 0.1) is 42.3 Å². The van der Waals surface area contributed by atoms with Crippen LogP contribution in [-0.2, 0) is 40.5 Å². The molecule has 19 nitrogen and oxygen atoms in total. The van der Waals surface area contributed by atoms with Crippen LogP contribution in [0.2, 0.25) is 0 Å². The SMILES string of the molecule is Cc1cc(NC(=O)Nc2ccc(N=Nc3cc(S(=O)(=O)[O-])c4cccc(S(=O)(=O)[O-])c4c3)c(C)c2)ccc1N=Nc1cc(S(=O)(=O)[O-])c2cccc(S(=O)(=O)[O-])c2c1. The van der Waals surface area contributed by atoms with Crippen molar-refractivity contribution in [3.05, 3.63) is 108 Å². The third-order valence-corrected chi connectivity index (χ3v) is 11.9. The Labute approximate surface area is 330 Å². The van der Waals surface area contributed by atoms with Crippen LogP contribution in [0.5, 0.6) is 0 Å². The van der Waals surface area contributed by atoms with E-state index in [0.717, 1.165) is 48.5 Å². The van der Waals surface area contributed by atoms with E-state index in [4.69, 9.17) is 0 Å². The highest BCUT2D eigenvalue weighted by molar-refractivity contribution is 7.87. The number of nitrogens with one attached hydrogen (secondary N) is 2. The van der Waals surface area contributed by atoms with Crippen molar-refractivity contribution in [3.8, 4) is 0 Å². The largest absolute Gasteiger partial charge is 0.744 e. The molecule has 0 aromatic heterocycles. The maximum atomic E-state index is 12.8. The van der Waals surface area contributed by atoms with E-state index in [9.17, 15) is 56.7 Å². The number of benzene rings is 6. The van der Waals surface area contributed by atoms with Gasteiger partial charge in [-0.25, -0.2) is 38.5 Å². The summed E-state index contributed by atoms with van der Waals surface area (Å²) < 4.78 is 143. The first-order chi connectivity index (χ1) is 27.0. The summed E-state index contributed by atoms with van der Waals surface area (Å²) >= 11 is 0. The number of hydrogen-bond donors (Lipinski definition) is 2. The van der Waals surface area contributed by atoms with Gasteiger partial charge in [-0.3, -0.25) is 0 Å². The zero-order valence-electron chi connectivity index (χ0n) is 29.5. The van der Waals surface area contributed by atoms with Gasteiger partial charge in [0.25, 0.3) is 0 Å². The van der Waals surface area contributed by atoms with Gasteiger partial charge in [0, 0.05) is 32.9 Å². The van der Waals surface area contributed by atoms with Gasteiger partial charge in [-0.1, -0.05) is 24.3 Å². The molecule has 0 aliphatic heterocycles. The summed E-state index contributed by atoms with van der Waals surface area (Å²) in [5.41, 5.74) is 1.61. The summed E-state index contributed by atoms with van der Waals surface area (Å²) in [6, 6.07) is 18.8. The quantitative estimate of drug-likeness (QED) is 0.107. The van der Waals surface area contributed by atoms with Crippen molar-refractivity contribution in [2.45, 2.75) is 33.4 Å². The molecule has 6 aromatic rings. The average Bonchev–Trinajstić information content (AvgIpc) is 3.11. The van der Waals surface area contributed by atoms with Crippen molar-refractivity contribution in [2.75, 3.05) is 10.6 Å². The molecule has 0 unspecified atom stereocenters. The van der Waals surface area contributed by atoms with Gasteiger partial charge in [-0.05, 0) is 97.8 Å². The van der Waals surface area contributed by atoms with Crippen molar-refractivity contribution in [1.29, 1.82) is 0 Å². The standard InChI is InChI=1S/C35H28N6O13S4/c1-19-13-21(9-11-29(19)40-38-23-15-27-25(33(17-23)57(49,50)51)5-3-7-31(27)55(43,44)45)36-35(42)37-22-10-12-30(20(2)14-22)41-39-24-16-28-26(34(18-24)58(52,53)54)6-4-8-32(28)56(46,47)48/h3-18H,1-2H3,(H2,36,37,42)(H,43,44,45)(H,46,47,48)(H,49,50,51)(H,52,53,54)/p-4. The van der Waals surface area contributed by atoms with E-state index in [1.807, 2.05) is 0 Å². The summed E-state index contributed by atoms with van der Waals surface area (Å²) in [6.07, 6.45) is 0. The number of anilines is 2. The number of aryl methyl sites for hydroxylation is 2. The van der Waals surface area contributed by atoms with Crippen LogP contribution in [0, 0.1) is 13.8 Å². The maximum Gasteiger partial charge on any atom is 0.323 e. The third kappa shape index (κ3) is 9.22. The van der Waals surface area contributed by atoms with Gasteiger partial charge in [0.15, 0.2) is 0 Å². The Hall–Kier alpha value is -6.05. The summed E-state index contributed by atoms with van der Waals surface area (Å²) in [6.45, 7) is 3.24. The molecule has 0 fully saturated rings. The van der Waals surface area contributed by atoms with Crippen molar-refractivity contribution >= 4 is 102 Å². The molecule has 0 bridgehead atoms. The van der Waals surface area contributed by atoms with Crippen LogP contribution in [0.15, 0.2) is 137 Å². The van der Waals surface area contributed by atoms with Gasteiger partial charge in [-0.15, -0.1) is 0 Å². The van der Waals surface area contributed by atoms with Gasteiger partial charge >= 0.3 is 6.03 Å². The molecule has 0 heterocycles. The van der Waals surface area contributed by atoms with Crippen molar-refractivity contribution < 1.29 is 56.7 Å².